The minimum absolute atomic E-state index is 0.715. The van der Waals surface area contributed by atoms with Crippen molar-refractivity contribution in [1.82, 2.24) is 19.7 Å². The van der Waals surface area contributed by atoms with E-state index < -0.39 is 0 Å². The Labute approximate surface area is 126 Å². The molecule has 2 aromatic rings. The SMILES string of the molecule is Cc1cc(C)n(CCCNCc2cc(C#N)n(C)c2C)n1. The largest absolute Gasteiger partial charge is 0.340 e. The second-order valence-corrected chi connectivity index (χ2v) is 5.49. The van der Waals surface area contributed by atoms with E-state index in [0.717, 1.165) is 37.4 Å². The van der Waals surface area contributed by atoms with Crippen LogP contribution in [0.15, 0.2) is 12.1 Å². The summed E-state index contributed by atoms with van der Waals surface area (Å²) in [7, 11) is 1.93. The maximum Gasteiger partial charge on any atom is 0.120 e. The highest BCUT2D eigenvalue weighted by molar-refractivity contribution is 5.33. The molecule has 0 aliphatic carbocycles. The first kappa shape index (κ1) is 15.3. The molecule has 0 saturated heterocycles. The molecule has 0 aliphatic heterocycles. The predicted octanol–water partition coefficient (Wildman–Crippen LogP) is 2.20. The van der Waals surface area contributed by atoms with Crippen molar-refractivity contribution in [3.05, 3.63) is 40.5 Å². The minimum Gasteiger partial charge on any atom is -0.340 e. The van der Waals surface area contributed by atoms with Crippen molar-refractivity contribution < 1.29 is 0 Å². The van der Waals surface area contributed by atoms with Gasteiger partial charge in [-0.05, 0) is 51.4 Å². The Balaban J connectivity index is 1.78. The Bertz CT molecular complexity index is 657. The molecule has 112 valence electrons. The van der Waals surface area contributed by atoms with Crippen LogP contribution in [0, 0.1) is 32.1 Å². The predicted molar refractivity (Wildman–Crippen MR) is 82.9 cm³/mol. The van der Waals surface area contributed by atoms with E-state index in [1.807, 2.05) is 31.5 Å². The third-order valence-electron chi connectivity index (χ3n) is 3.90. The molecule has 5 heteroatoms. The van der Waals surface area contributed by atoms with E-state index in [-0.39, 0.29) is 0 Å². The summed E-state index contributed by atoms with van der Waals surface area (Å²) in [5.41, 5.74) is 5.35. The van der Waals surface area contributed by atoms with Crippen LogP contribution in [-0.2, 0) is 20.1 Å². The molecule has 0 spiro atoms. The zero-order valence-corrected chi connectivity index (χ0v) is 13.3. The molecule has 0 radical (unpaired) electrons. The molecular weight excluding hydrogens is 262 g/mol. The molecule has 21 heavy (non-hydrogen) atoms. The van der Waals surface area contributed by atoms with E-state index in [2.05, 4.69) is 34.2 Å². The molecule has 1 N–H and O–H groups in total. The van der Waals surface area contributed by atoms with Gasteiger partial charge in [-0.3, -0.25) is 4.68 Å². The molecule has 0 unspecified atom stereocenters. The topological polar surface area (TPSA) is 58.6 Å². The molecule has 2 rings (SSSR count). The van der Waals surface area contributed by atoms with Gasteiger partial charge in [-0.2, -0.15) is 10.4 Å². The van der Waals surface area contributed by atoms with Crippen LogP contribution in [-0.4, -0.2) is 20.9 Å². The number of aromatic nitrogens is 3. The number of rotatable bonds is 6. The summed E-state index contributed by atoms with van der Waals surface area (Å²) in [4.78, 5) is 0. The fourth-order valence-electron chi connectivity index (χ4n) is 2.53. The van der Waals surface area contributed by atoms with Crippen molar-refractivity contribution in [1.29, 1.82) is 5.26 Å². The number of hydrogen-bond donors (Lipinski definition) is 1. The zero-order chi connectivity index (χ0) is 15.4. The normalized spacial score (nSPS) is 10.8. The van der Waals surface area contributed by atoms with Gasteiger partial charge < -0.3 is 9.88 Å². The second kappa shape index (κ2) is 6.59. The Morgan fingerprint density at radius 2 is 2.05 bits per heavy atom. The van der Waals surface area contributed by atoms with Crippen molar-refractivity contribution in [2.75, 3.05) is 6.54 Å². The van der Waals surface area contributed by atoms with Crippen LogP contribution < -0.4 is 5.32 Å². The minimum atomic E-state index is 0.715. The first-order valence-corrected chi connectivity index (χ1v) is 7.30. The highest BCUT2D eigenvalue weighted by atomic mass is 15.3. The first-order chi connectivity index (χ1) is 10.0. The number of nitrogens with zero attached hydrogens (tertiary/aromatic N) is 4. The third kappa shape index (κ3) is 3.53. The number of aryl methyl sites for hydroxylation is 3. The van der Waals surface area contributed by atoms with Crippen LogP contribution in [0.25, 0.3) is 0 Å². The highest BCUT2D eigenvalue weighted by Crippen LogP contribution is 2.12. The van der Waals surface area contributed by atoms with Crippen LogP contribution in [0.2, 0.25) is 0 Å². The van der Waals surface area contributed by atoms with Gasteiger partial charge in [0.15, 0.2) is 0 Å². The summed E-state index contributed by atoms with van der Waals surface area (Å²) >= 11 is 0. The van der Waals surface area contributed by atoms with E-state index in [1.165, 1.54) is 11.3 Å². The molecule has 0 aliphatic rings. The standard InChI is InChI=1S/C16H23N5/c1-12-8-13(2)21(19-12)7-5-6-18-11-15-9-16(10-17)20(4)14(15)3/h8-9,18H,5-7,11H2,1-4H3. The van der Waals surface area contributed by atoms with Crippen molar-refractivity contribution in [3.8, 4) is 6.07 Å². The summed E-state index contributed by atoms with van der Waals surface area (Å²) in [6.45, 7) is 8.83. The summed E-state index contributed by atoms with van der Waals surface area (Å²) in [6, 6.07) is 6.27. The van der Waals surface area contributed by atoms with Gasteiger partial charge in [0.05, 0.1) is 5.69 Å². The van der Waals surface area contributed by atoms with Gasteiger partial charge in [-0.15, -0.1) is 0 Å². The number of hydrogen-bond acceptors (Lipinski definition) is 3. The molecule has 2 heterocycles. The van der Waals surface area contributed by atoms with Crippen LogP contribution in [0.4, 0.5) is 0 Å². The van der Waals surface area contributed by atoms with Gasteiger partial charge >= 0.3 is 0 Å². The lowest BCUT2D eigenvalue weighted by Gasteiger charge is -2.07. The van der Waals surface area contributed by atoms with E-state index in [1.54, 1.807) is 0 Å². The monoisotopic (exact) mass is 285 g/mol. The van der Waals surface area contributed by atoms with Crippen LogP contribution in [0.5, 0.6) is 0 Å². The maximum absolute atomic E-state index is 9.02. The van der Waals surface area contributed by atoms with Crippen LogP contribution in [0.1, 0.15) is 34.8 Å². The molecule has 0 bridgehead atoms. The van der Waals surface area contributed by atoms with Crippen LogP contribution >= 0.6 is 0 Å². The molecule has 2 aromatic heterocycles. The van der Waals surface area contributed by atoms with Gasteiger partial charge in [0.2, 0.25) is 0 Å². The Morgan fingerprint density at radius 3 is 2.62 bits per heavy atom. The lowest BCUT2D eigenvalue weighted by Crippen LogP contribution is -2.17. The van der Waals surface area contributed by atoms with E-state index in [9.17, 15) is 0 Å². The van der Waals surface area contributed by atoms with E-state index in [0.29, 0.717) is 5.69 Å². The Kier molecular flexibility index (Phi) is 4.81. The molecule has 0 saturated carbocycles. The fourth-order valence-corrected chi connectivity index (χ4v) is 2.53. The van der Waals surface area contributed by atoms with Gasteiger partial charge in [-0.1, -0.05) is 0 Å². The van der Waals surface area contributed by atoms with Crippen molar-refractivity contribution in [2.45, 2.75) is 40.3 Å². The molecule has 0 aromatic carbocycles. The summed E-state index contributed by atoms with van der Waals surface area (Å²) in [5, 5.41) is 16.9. The Morgan fingerprint density at radius 1 is 1.29 bits per heavy atom. The lowest BCUT2D eigenvalue weighted by atomic mass is 10.2. The fraction of sp³-hybridized carbons (Fsp3) is 0.500. The average molecular weight is 285 g/mol. The summed E-state index contributed by atoms with van der Waals surface area (Å²) in [6.07, 6.45) is 1.04. The van der Waals surface area contributed by atoms with Gasteiger partial charge in [-0.25, -0.2) is 0 Å². The summed E-state index contributed by atoms with van der Waals surface area (Å²) < 4.78 is 3.99. The number of nitriles is 1. The van der Waals surface area contributed by atoms with E-state index >= 15 is 0 Å². The van der Waals surface area contributed by atoms with Gasteiger partial charge in [0.1, 0.15) is 11.8 Å². The maximum atomic E-state index is 9.02. The van der Waals surface area contributed by atoms with Crippen molar-refractivity contribution >= 4 is 0 Å². The highest BCUT2D eigenvalue weighted by Gasteiger charge is 2.07. The van der Waals surface area contributed by atoms with Gasteiger partial charge in [0, 0.05) is 31.5 Å². The van der Waals surface area contributed by atoms with Crippen molar-refractivity contribution in [2.24, 2.45) is 7.05 Å². The lowest BCUT2D eigenvalue weighted by molar-refractivity contribution is 0.531. The molecule has 0 fully saturated rings. The summed E-state index contributed by atoms with van der Waals surface area (Å²) in [5.74, 6) is 0. The van der Waals surface area contributed by atoms with E-state index in [4.69, 9.17) is 5.26 Å². The number of nitrogens with one attached hydrogen (secondary N) is 1. The average Bonchev–Trinajstić information content (AvgIpc) is 2.91. The van der Waals surface area contributed by atoms with Gasteiger partial charge in [0.25, 0.3) is 0 Å². The molecular formula is C16H23N5. The van der Waals surface area contributed by atoms with Crippen LogP contribution in [0.3, 0.4) is 0 Å². The first-order valence-electron chi connectivity index (χ1n) is 7.30. The third-order valence-corrected chi connectivity index (χ3v) is 3.90. The zero-order valence-electron chi connectivity index (χ0n) is 13.3. The molecule has 0 amide bonds. The molecule has 5 nitrogen and oxygen atoms in total. The quantitative estimate of drug-likeness (QED) is 0.828. The molecule has 0 atom stereocenters. The second-order valence-electron chi connectivity index (χ2n) is 5.49. The smallest absolute Gasteiger partial charge is 0.120 e. The van der Waals surface area contributed by atoms with Crippen molar-refractivity contribution in [3.63, 3.8) is 0 Å². The Hall–Kier alpha value is -2.06.